The number of nitrogens with two attached hydrogens (primary N) is 2. The van der Waals surface area contributed by atoms with Crippen molar-refractivity contribution in [2.45, 2.75) is 6.04 Å². The number of nitrogens with zero attached hydrogens (tertiary/aromatic N) is 2. The summed E-state index contributed by atoms with van der Waals surface area (Å²) >= 11 is 3.41. The molecule has 5 N–H and O–H groups in total. The van der Waals surface area contributed by atoms with Gasteiger partial charge in [0.05, 0.1) is 5.69 Å². The number of nitrogens with one attached hydrogen (secondary N) is 1. The Morgan fingerprint density at radius 1 is 1.45 bits per heavy atom. The van der Waals surface area contributed by atoms with Crippen molar-refractivity contribution >= 4 is 33.4 Å². The fraction of sp³-hybridized carbons (Fsp3) is 0.0833. The van der Waals surface area contributed by atoms with Gasteiger partial charge in [-0.1, -0.05) is 0 Å². The van der Waals surface area contributed by atoms with Gasteiger partial charge in [-0.2, -0.15) is 5.10 Å². The third-order valence-corrected chi connectivity index (χ3v) is 3.72. The first-order chi connectivity index (χ1) is 9.47. The van der Waals surface area contributed by atoms with Crippen molar-refractivity contribution < 1.29 is 9.59 Å². The first kappa shape index (κ1) is 12.8. The Morgan fingerprint density at radius 3 is 2.85 bits per heavy atom. The van der Waals surface area contributed by atoms with E-state index in [0.29, 0.717) is 21.4 Å². The van der Waals surface area contributed by atoms with E-state index >= 15 is 0 Å². The second-order valence-corrected chi connectivity index (χ2v) is 5.22. The number of primary amides is 1. The van der Waals surface area contributed by atoms with Gasteiger partial charge >= 0.3 is 0 Å². The number of hydrogen-bond donors (Lipinski definition) is 3. The first-order valence-corrected chi connectivity index (χ1v) is 6.52. The van der Waals surface area contributed by atoms with E-state index in [2.05, 4.69) is 26.3 Å². The Hall–Kier alpha value is -2.19. The van der Waals surface area contributed by atoms with Crippen LogP contribution in [0.5, 0.6) is 0 Å². The minimum atomic E-state index is -0.672. The number of aromatic nitrogens is 2. The molecule has 7 nitrogen and oxygen atoms in total. The summed E-state index contributed by atoms with van der Waals surface area (Å²) < 4.78 is 2.21. The molecule has 0 fully saturated rings. The van der Waals surface area contributed by atoms with Gasteiger partial charge < -0.3 is 16.8 Å². The van der Waals surface area contributed by atoms with Crippen LogP contribution in [-0.2, 0) is 4.79 Å². The third-order valence-electron chi connectivity index (χ3n) is 3.08. The van der Waals surface area contributed by atoms with Crippen molar-refractivity contribution in [2.75, 3.05) is 5.32 Å². The van der Waals surface area contributed by atoms with Crippen LogP contribution in [-0.4, -0.2) is 21.6 Å². The molecule has 0 aliphatic carbocycles. The van der Waals surface area contributed by atoms with E-state index in [1.807, 2.05) is 0 Å². The predicted molar refractivity (Wildman–Crippen MR) is 75.3 cm³/mol. The van der Waals surface area contributed by atoms with E-state index in [0.717, 1.165) is 0 Å². The Kier molecular flexibility index (Phi) is 2.84. The Balaban J connectivity index is 2.09. The van der Waals surface area contributed by atoms with Gasteiger partial charge in [-0.05, 0) is 34.1 Å². The SMILES string of the molecule is NC(=O)c1ccn(-c2cc3c(cc2Br)C(N)C(=O)N3)n1. The minimum Gasteiger partial charge on any atom is -0.364 e. The second-order valence-electron chi connectivity index (χ2n) is 4.37. The molecule has 20 heavy (non-hydrogen) atoms. The summed E-state index contributed by atoms with van der Waals surface area (Å²) in [5.74, 6) is -0.848. The quantitative estimate of drug-likeness (QED) is 0.748. The van der Waals surface area contributed by atoms with E-state index in [1.54, 1.807) is 18.3 Å². The lowest BCUT2D eigenvalue weighted by Crippen LogP contribution is -2.19. The zero-order valence-corrected chi connectivity index (χ0v) is 11.7. The van der Waals surface area contributed by atoms with Gasteiger partial charge in [0.1, 0.15) is 11.7 Å². The Labute approximate surface area is 122 Å². The number of halogens is 1. The topological polar surface area (TPSA) is 116 Å². The molecule has 2 amide bonds. The summed E-state index contributed by atoms with van der Waals surface area (Å²) in [6.45, 7) is 0. The lowest BCUT2D eigenvalue weighted by molar-refractivity contribution is -0.116. The Bertz CT molecular complexity index is 739. The highest BCUT2D eigenvalue weighted by molar-refractivity contribution is 9.10. The molecule has 1 unspecified atom stereocenters. The smallest absolute Gasteiger partial charge is 0.269 e. The van der Waals surface area contributed by atoms with Crippen molar-refractivity contribution in [3.05, 3.63) is 40.1 Å². The van der Waals surface area contributed by atoms with Crippen LogP contribution >= 0.6 is 15.9 Å². The fourth-order valence-electron chi connectivity index (χ4n) is 2.06. The summed E-state index contributed by atoms with van der Waals surface area (Å²) in [7, 11) is 0. The average Bonchev–Trinajstić information content (AvgIpc) is 2.97. The second kappa shape index (κ2) is 4.43. The molecule has 1 aliphatic rings. The number of hydrogen-bond acceptors (Lipinski definition) is 4. The van der Waals surface area contributed by atoms with Gasteiger partial charge in [-0.25, -0.2) is 4.68 Å². The molecular formula is C12H10BrN5O2. The molecule has 0 bridgehead atoms. The number of anilines is 1. The van der Waals surface area contributed by atoms with Gasteiger partial charge in [-0.3, -0.25) is 9.59 Å². The number of carbonyl (C=O) groups is 2. The van der Waals surface area contributed by atoms with Crippen LogP contribution < -0.4 is 16.8 Å². The molecule has 1 aliphatic heterocycles. The summed E-state index contributed by atoms with van der Waals surface area (Å²) in [6, 6.07) is 4.35. The molecule has 0 saturated carbocycles. The maximum absolute atomic E-state index is 11.5. The largest absolute Gasteiger partial charge is 0.364 e. The van der Waals surface area contributed by atoms with Crippen molar-refractivity contribution in [1.29, 1.82) is 0 Å². The average molecular weight is 336 g/mol. The van der Waals surface area contributed by atoms with Gasteiger partial charge in [0, 0.05) is 21.9 Å². The van der Waals surface area contributed by atoms with E-state index in [4.69, 9.17) is 11.5 Å². The predicted octanol–water partition coefficient (Wildman–Crippen LogP) is 0.686. The molecule has 1 atom stereocenters. The van der Waals surface area contributed by atoms with E-state index in [-0.39, 0.29) is 11.6 Å². The molecule has 8 heteroatoms. The van der Waals surface area contributed by atoms with E-state index in [9.17, 15) is 9.59 Å². The third kappa shape index (κ3) is 1.89. The van der Waals surface area contributed by atoms with Crippen molar-refractivity contribution in [1.82, 2.24) is 9.78 Å². The van der Waals surface area contributed by atoms with Gasteiger partial charge in [0.15, 0.2) is 0 Å². The van der Waals surface area contributed by atoms with Crippen LogP contribution in [0.1, 0.15) is 22.1 Å². The van der Waals surface area contributed by atoms with Crippen LogP contribution in [0.15, 0.2) is 28.9 Å². The maximum Gasteiger partial charge on any atom is 0.269 e. The fourth-order valence-corrected chi connectivity index (χ4v) is 2.60. The van der Waals surface area contributed by atoms with Crippen molar-refractivity contribution in [3.63, 3.8) is 0 Å². The number of fused-ring (bicyclic) bond motifs is 1. The van der Waals surface area contributed by atoms with Crippen LogP contribution in [0.2, 0.25) is 0 Å². The molecule has 1 aromatic carbocycles. The molecule has 1 aromatic heterocycles. The standard InChI is InChI=1S/C12H10BrN5O2/c13-6-3-5-8(16-12(20)10(5)14)4-9(6)18-2-1-7(17-18)11(15)19/h1-4,10H,14H2,(H2,15,19)(H,16,20). The molecule has 2 aromatic rings. The molecular weight excluding hydrogens is 326 g/mol. The maximum atomic E-state index is 11.5. The van der Waals surface area contributed by atoms with Crippen molar-refractivity contribution in [3.8, 4) is 5.69 Å². The summed E-state index contributed by atoms with van der Waals surface area (Å²) in [5, 5.41) is 6.77. The zero-order valence-electron chi connectivity index (χ0n) is 10.1. The lowest BCUT2D eigenvalue weighted by atomic mass is 10.1. The molecule has 0 spiro atoms. The highest BCUT2D eigenvalue weighted by Gasteiger charge is 2.28. The normalized spacial score (nSPS) is 16.9. The minimum absolute atomic E-state index is 0.165. The molecule has 102 valence electrons. The van der Waals surface area contributed by atoms with Crippen molar-refractivity contribution in [2.24, 2.45) is 11.5 Å². The summed E-state index contributed by atoms with van der Waals surface area (Å²) in [4.78, 5) is 22.6. The number of amides is 2. The van der Waals surface area contributed by atoms with Gasteiger partial charge in [0.25, 0.3) is 5.91 Å². The molecule has 3 rings (SSSR count). The van der Waals surface area contributed by atoms with Crippen LogP contribution in [0.3, 0.4) is 0 Å². The van der Waals surface area contributed by atoms with Crippen LogP contribution in [0, 0.1) is 0 Å². The van der Waals surface area contributed by atoms with Crippen LogP contribution in [0.25, 0.3) is 5.69 Å². The molecule has 2 heterocycles. The van der Waals surface area contributed by atoms with E-state index < -0.39 is 11.9 Å². The zero-order chi connectivity index (χ0) is 14.4. The molecule has 0 saturated heterocycles. The van der Waals surface area contributed by atoms with Gasteiger partial charge in [0.2, 0.25) is 5.91 Å². The lowest BCUT2D eigenvalue weighted by Gasteiger charge is -2.08. The monoisotopic (exact) mass is 335 g/mol. The number of benzene rings is 1. The van der Waals surface area contributed by atoms with Crippen LogP contribution in [0.4, 0.5) is 5.69 Å². The molecule has 0 radical (unpaired) electrons. The Morgan fingerprint density at radius 2 is 2.20 bits per heavy atom. The van der Waals surface area contributed by atoms with Gasteiger partial charge in [-0.15, -0.1) is 0 Å². The highest BCUT2D eigenvalue weighted by Crippen LogP contribution is 2.35. The number of rotatable bonds is 2. The summed E-state index contributed by atoms with van der Waals surface area (Å²) in [6.07, 6.45) is 1.61. The highest BCUT2D eigenvalue weighted by atomic mass is 79.9. The summed E-state index contributed by atoms with van der Waals surface area (Å²) in [5.41, 5.74) is 13.1. The van der Waals surface area contributed by atoms with E-state index in [1.165, 1.54) is 10.7 Å². The number of carbonyl (C=O) groups excluding carboxylic acids is 2. The first-order valence-electron chi connectivity index (χ1n) is 5.73.